The van der Waals surface area contributed by atoms with Crippen molar-refractivity contribution < 1.29 is 9.53 Å². The van der Waals surface area contributed by atoms with Crippen LogP contribution < -0.4 is 4.90 Å². The summed E-state index contributed by atoms with van der Waals surface area (Å²) in [5.41, 5.74) is -0.142. The van der Waals surface area contributed by atoms with E-state index in [1.165, 1.54) is 6.20 Å². The SMILES string of the molecule is CCN(CC)C(=O)C12CCOCC1CN(c1nccnc1C#N)C2. The third kappa shape index (κ3) is 2.61. The smallest absolute Gasteiger partial charge is 0.231 e. The molecule has 1 aromatic heterocycles. The topological polar surface area (TPSA) is 82.3 Å². The van der Waals surface area contributed by atoms with Gasteiger partial charge in [-0.1, -0.05) is 0 Å². The van der Waals surface area contributed by atoms with Crippen LogP contribution in [0.1, 0.15) is 26.0 Å². The molecule has 1 aromatic rings. The van der Waals surface area contributed by atoms with Crippen LogP contribution in [0.15, 0.2) is 12.4 Å². The number of hydrogen-bond acceptors (Lipinski definition) is 6. The van der Waals surface area contributed by atoms with Crippen LogP contribution in [0.4, 0.5) is 5.82 Å². The van der Waals surface area contributed by atoms with E-state index >= 15 is 0 Å². The lowest BCUT2D eigenvalue weighted by Crippen LogP contribution is -2.52. The first-order chi connectivity index (χ1) is 11.7. The van der Waals surface area contributed by atoms with Gasteiger partial charge in [0.1, 0.15) is 6.07 Å². The summed E-state index contributed by atoms with van der Waals surface area (Å²) < 4.78 is 5.65. The van der Waals surface area contributed by atoms with E-state index in [2.05, 4.69) is 16.0 Å². The molecule has 0 radical (unpaired) electrons. The van der Waals surface area contributed by atoms with Crippen molar-refractivity contribution in [2.45, 2.75) is 20.3 Å². The average Bonchev–Trinajstić information content (AvgIpc) is 3.03. The van der Waals surface area contributed by atoms with E-state index in [9.17, 15) is 10.1 Å². The zero-order valence-electron chi connectivity index (χ0n) is 14.2. The Labute approximate surface area is 142 Å². The molecule has 2 aliphatic rings. The van der Waals surface area contributed by atoms with Crippen LogP contribution in [0.5, 0.6) is 0 Å². The molecule has 2 unspecified atom stereocenters. The van der Waals surface area contributed by atoms with Crippen LogP contribution in [0.2, 0.25) is 0 Å². The average molecular weight is 329 g/mol. The highest BCUT2D eigenvalue weighted by molar-refractivity contribution is 5.85. The molecule has 128 valence electrons. The van der Waals surface area contributed by atoms with Crippen LogP contribution in [-0.4, -0.2) is 60.2 Å². The van der Waals surface area contributed by atoms with Crippen LogP contribution in [0.3, 0.4) is 0 Å². The van der Waals surface area contributed by atoms with Gasteiger partial charge < -0.3 is 14.5 Å². The van der Waals surface area contributed by atoms with Crippen LogP contribution >= 0.6 is 0 Å². The quantitative estimate of drug-likeness (QED) is 0.821. The van der Waals surface area contributed by atoms with Crippen LogP contribution in [-0.2, 0) is 9.53 Å². The van der Waals surface area contributed by atoms with Crippen LogP contribution in [0, 0.1) is 22.7 Å². The second kappa shape index (κ2) is 6.73. The second-order valence-corrected chi connectivity index (χ2v) is 6.38. The molecule has 3 rings (SSSR count). The molecule has 7 heteroatoms. The van der Waals surface area contributed by atoms with Crippen molar-refractivity contribution in [1.82, 2.24) is 14.9 Å². The Kier molecular flexibility index (Phi) is 4.67. The van der Waals surface area contributed by atoms with E-state index in [1.54, 1.807) is 6.20 Å². The van der Waals surface area contributed by atoms with E-state index in [-0.39, 0.29) is 11.8 Å². The predicted octanol–water partition coefficient (Wildman–Crippen LogP) is 1.06. The number of ether oxygens (including phenoxy) is 1. The number of carbonyl (C=O) groups excluding carboxylic acids is 1. The Morgan fingerprint density at radius 3 is 2.92 bits per heavy atom. The number of nitrogens with zero attached hydrogens (tertiary/aromatic N) is 5. The molecule has 0 aliphatic carbocycles. The van der Waals surface area contributed by atoms with Gasteiger partial charge in [0, 0.05) is 51.1 Å². The summed E-state index contributed by atoms with van der Waals surface area (Å²) in [6.45, 7) is 7.85. The van der Waals surface area contributed by atoms with Gasteiger partial charge in [-0.2, -0.15) is 5.26 Å². The van der Waals surface area contributed by atoms with Gasteiger partial charge in [0.05, 0.1) is 12.0 Å². The number of hydrogen-bond donors (Lipinski definition) is 0. The normalized spacial score (nSPS) is 25.9. The summed E-state index contributed by atoms with van der Waals surface area (Å²) in [5.74, 6) is 0.889. The van der Waals surface area contributed by atoms with Gasteiger partial charge in [0.25, 0.3) is 0 Å². The van der Waals surface area contributed by atoms with E-state index in [0.717, 1.165) is 0 Å². The summed E-state index contributed by atoms with van der Waals surface area (Å²) in [6.07, 6.45) is 3.82. The van der Waals surface area contributed by atoms with E-state index in [4.69, 9.17) is 4.74 Å². The first kappa shape index (κ1) is 16.7. The monoisotopic (exact) mass is 329 g/mol. The Morgan fingerprint density at radius 2 is 2.21 bits per heavy atom. The standard InChI is InChI=1S/C17H23N5O2/c1-3-21(4-2)16(23)17-5-8-24-11-13(17)10-22(12-17)15-14(9-18)19-6-7-20-15/h6-7,13H,3-5,8,10-12H2,1-2H3. The first-order valence-corrected chi connectivity index (χ1v) is 8.49. The number of nitriles is 1. The molecule has 0 saturated carbocycles. The molecule has 0 N–H and O–H groups in total. The summed E-state index contributed by atoms with van der Waals surface area (Å²) >= 11 is 0. The zero-order chi connectivity index (χ0) is 17.2. The Bertz CT molecular complexity index is 655. The molecular weight excluding hydrogens is 306 g/mol. The number of amides is 1. The van der Waals surface area contributed by atoms with Crippen molar-refractivity contribution in [3.8, 4) is 6.07 Å². The van der Waals surface area contributed by atoms with Crippen molar-refractivity contribution in [1.29, 1.82) is 5.26 Å². The molecule has 7 nitrogen and oxygen atoms in total. The lowest BCUT2D eigenvalue weighted by molar-refractivity contribution is -0.149. The molecule has 2 atom stereocenters. The number of anilines is 1. The molecule has 2 aliphatic heterocycles. The maximum absolute atomic E-state index is 13.2. The fraction of sp³-hybridized carbons (Fsp3) is 0.647. The van der Waals surface area contributed by atoms with E-state index in [1.807, 2.05) is 23.6 Å². The van der Waals surface area contributed by atoms with Crippen molar-refractivity contribution in [3.63, 3.8) is 0 Å². The molecule has 2 saturated heterocycles. The lowest BCUT2D eigenvalue weighted by Gasteiger charge is -2.40. The highest BCUT2D eigenvalue weighted by Crippen LogP contribution is 2.45. The maximum Gasteiger partial charge on any atom is 0.231 e. The van der Waals surface area contributed by atoms with Gasteiger partial charge in [0.2, 0.25) is 5.91 Å². The van der Waals surface area contributed by atoms with Crippen molar-refractivity contribution in [2.24, 2.45) is 11.3 Å². The van der Waals surface area contributed by atoms with Crippen molar-refractivity contribution in [2.75, 3.05) is 44.3 Å². The van der Waals surface area contributed by atoms with Crippen molar-refractivity contribution >= 4 is 11.7 Å². The number of carbonyl (C=O) groups is 1. The van der Waals surface area contributed by atoms with Gasteiger partial charge in [-0.25, -0.2) is 9.97 Å². The van der Waals surface area contributed by atoms with Crippen LogP contribution in [0.25, 0.3) is 0 Å². The summed E-state index contributed by atoms with van der Waals surface area (Å²) in [7, 11) is 0. The minimum absolute atomic E-state index is 0.118. The Morgan fingerprint density at radius 1 is 1.46 bits per heavy atom. The third-order valence-electron chi connectivity index (χ3n) is 5.27. The maximum atomic E-state index is 13.2. The molecule has 3 heterocycles. The molecule has 0 aromatic carbocycles. The minimum atomic E-state index is -0.450. The minimum Gasteiger partial charge on any atom is -0.381 e. The highest BCUT2D eigenvalue weighted by atomic mass is 16.5. The van der Waals surface area contributed by atoms with Gasteiger partial charge in [-0.05, 0) is 20.3 Å². The zero-order valence-corrected chi connectivity index (χ0v) is 14.2. The Hall–Kier alpha value is -2.20. The highest BCUT2D eigenvalue weighted by Gasteiger charge is 2.55. The molecule has 0 spiro atoms. The number of aromatic nitrogens is 2. The lowest BCUT2D eigenvalue weighted by atomic mass is 9.73. The third-order valence-corrected chi connectivity index (χ3v) is 5.27. The second-order valence-electron chi connectivity index (χ2n) is 6.38. The molecule has 2 fully saturated rings. The molecule has 1 amide bonds. The molecular formula is C17H23N5O2. The van der Waals surface area contributed by atoms with E-state index < -0.39 is 5.41 Å². The van der Waals surface area contributed by atoms with Gasteiger partial charge in [-0.15, -0.1) is 0 Å². The van der Waals surface area contributed by atoms with E-state index in [0.29, 0.717) is 57.3 Å². The Balaban J connectivity index is 1.94. The number of rotatable bonds is 4. The molecule has 24 heavy (non-hydrogen) atoms. The molecule has 0 bridgehead atoms. The summed E-state index contributed by atoms with van der Waals surface area (Å²) in [6, 6.07) is 2.10. The van der Waals surface area contributed by atoms with Gasteiger partial charge in [-0.3, -0.25) is 4.79 Å². The predicted molar refractivity (Wildman–Crippen MR) is 88.2 cm³/mol. The summed E-state index contributed by atoms with van der Waals surface area (Å²) in [5, 5.41) is 9.30. The summed E-state index contributed by atoms with van der Waals surface area (Å²) in [4.78, 5) is 25.6. The fourth-order valence-electron chi connectivity index (χ4n) is 3.93. The largest absolute Gasteiger partial charge is 0.381 e. The fourth-order valence-corrected chi connectivity index (χ4v) is 3.93. The van der Waals surface area contributed by atoms with Gasteiger partial charge >= 0.3 is 0 Å². The van der Waals surface area contributed by atoms with Gasteiger partial charge in [0.15, 0.2) is 11.5 Å². The van der Waals surface area contributed by atoms with Crippen molar-refractivity contribution in [3.05, 3.63) is 18.1 Å². The first-order valence-electron chi connectivity index (χ1n) is 8.49. The number of fused-ring (bicyclic) bond motifs is 1.